The molecular weight excluding hydrogens is 246 g/mol. The first kappa shape index (κ1) is 11.8. The molecule has 0 aliphatic heterocycles. The van der Waals surface area contributed by atoms with Gasteiger partial charge in [0.05, 0.1) is 11.4 Å². The average molecular weight is 263 g/mol. The molecule has 0 atom stereocenters. The lowest BCUT2D eigenvalue weighted by Gasteiger charge is -2.25. The number of aryl methyl sites for hydroxylation is 2. The van der Waals surface area contributed by atoms with E-state index < -0.39 is 0 Å². The first-order chi connectivity index (χ1) is 8.70. The molecule has 2 aromatic rings. The summed E-state index contributed by atoms with van der Waals surface area (Å²) in [5.41, 5.74) is 8.93. The molecule has 6 heteroatoms. The fraction of sp³-hybridized carbons (Fsp3) is 0.583. The second kappa shape index (κ2) is 4.44. The zero-order valence-corrected chi connectivity index (χ0v) is 11.5. The van der Waals surface area contributed by atoms with Gasteiger partial charge < -0.3 is 5.73 Å². The van der Waals surface area contributed by atoms with Crippen LogP contribution in [0.1, 0.15) is 47.1 Å². The second-order valence-corrected chi connectivity index (χ2v) is 5.98. The first-order valence-electron chi connectivity index (χ1n) is 6.29. The molecule has 0 aromatic carbocycles. The molecule has 1 aliphatic rings. The van der Waals surface area contributed by atoms with Crippen LogP contribution in [0, 0.1) is 13.8 Å². The van der Waals surface area contributed by atoms with Gasteiger partial charge in [-0.2, -0.15) is 4.68 Å². The lowest BCUT2D eigenvalue weighted by atomic mass is 9.82. The molecule has 0 saturated heterocycles. The van der Waals surface area contributed by atoms with Crippen molar-refractivity contribution in [3.8, 4) is 5.13 Å². The van der Waals surface area contributed by atoms with Crippen LogP contribution in [-0.4, -0.2) is 20.0 Å². The standard InChI is InChI=1S/C12H17N5S/c1-7-8(2)18-12(14-7)17-11(9-4-3-5-9)10(6-13)15-16-17/h9H,3-6,13H2,1-2H3. The summed E-state index contributed by atoms with van der Waals surface area (Å²) in [5, 5.41) is 9.37. The Morgan fingerprint density at radius 1 is 1.39 bits per heavy atom. The van der Waals surface area contributed by atoms with Crippen LogP contribution in [-0.2, 0) is 6.54 Å². The van der Waals surface area contributed by atoms with Crippen molar-refractivity contribution in [3.05, 3.63) is 22.0 Å². The second-order valence-electron chi connectivity index (χ2n) is 4.80. The lowest BCUT2D eigenvalue weighted by Crippen LogP contribution is -2.17. The van der Waals surface area contributed by atoms with Gasteiger partial charge in [0.25, 0.3) is 0 Å². The van der Waals surface area contributed by atoms with Crippen LogP contribution in [0.25, 0.3) is 5.13 Å². The maximum atomic E-state index is 5.76. The first-order valence-corrected chi connectivity index (χ1v) is 7.11. The van der Waals surface area contributed by atoms with Crippen LogP contribution >= 0.6 is 11.3 Å². The van der Waals surface area contributed by atoms with Crippen LogP contribution in [0.3, 0.4) is 0 Å². The van der Waals surface area contributed by atoms with Gasteiger partial charge >= 0.3 is 0 Å². The summed E-state index contributed by atoms with van der Waals surface area (Å²) in [6.45, 7) is 4.56. The minimum atomic E-state index is 0.454. The number of nitrogens with zero attached hydrogens (tertiary/aromatic N) is 4. The van der Waals surface area contributed by atoms with E-state index in [-0.39, 0.29) is 0 Å². The van der Waals surface area contributed by atoms with Crippen LogP contribution < -0.4 is 5.73 Å². The van der Waals surface area contributed by atoms with E-state index in [1.165, 1.54) is 29.8 Å². The third kappa shape index (κ3) is 1.76. The van der Waals surface area contributed by atoms with Crippen molar-refractivity contribution >= 4 is 11.3 Å². The van der Waals surface area contributed by atoms with Crippen LogP contribution in [0.4, 0.5) is 0 Å². The highest BCUT2D eigenvalue weighted by molar-refractivity contribution is 7.14. The Balaban J connectivity index is 2.08. The molecule has 2 aromatic heterocycles. The van der Waals surface area contributed by atoms with Gasteiger partial charge in [0.1, 0.15) is 5.69 Å². The number of aromatic nitrogens is 4. The summed E-state index contributed by atoms with van der Waals surface area (Å²) in [5.74, 6) is 0.558. The van der Waals surface area contributed by atoms with Crippen LogP contribution in [0.2, 0.25) is 0 Å². The molecule has 5 nitrogen and oxygen atoms in total. The van der Waals surface area contributed by atoms with E-state index in [1.54, 1.807) is 11.3 Å². The summed E-state index contributed by atoms with van der Waals surface area (Å²) in [4.78, 5) is 5.80. The smallest absolute Gasteiger partial charge is 0.212 e. The number of thiazole rings is 1. The summed E-state index contributed by atoms with van der Waals surface area (Å²) in [6.07, 6.45) is 3.71. The minimum absolute atomic E-state index is 0.454. The molecule has 0 unspecified atom stereocenters. The molecule has 18 heavy (non-hydrogen) atoms. The number of rotatable bonds is 3. The highest BCUT2D eigenvalue weighted by Gasteiger charge is 2.28. The predicted molar refractivity (Wildman–Crippen MR) is 71.0 cm³/mol. The van der Waals surface area contributed by atoms with Gasteiger partial charge in [-0.15, -0.1) is 5.10 Å². The Labute approximate surface area is 110 Å². The quantitative estimate of drug-likeness (QED) is 0.920. The molecule has 1 fully saturated rings. The molecule has 96 valence electrons. The highest BCUT2D eigenvalue weighted by Crippen LogP contribution is 2.38. The zero-order chi connectivity index (χ0) is 12.7. The van der Waals surface area contributed by atoms with E-state index in [0.29, 0.717) is 12.5 Å². The Morgan fingerprint density at radius 3 is 2.67 bits per heavy atom. The zero-order valence-electron chi connectivity index (χ0n) is 10.7. The maximum Gasteiger partial charge on any atom is 0.212 e. The van der Waals surface area contributed by atoms with Gasteiger partial charge in [-0.3, -0.25) is 0 Å². The third-order valence-electron chi connectivity index (χ3n) is 3.66. The summed E-state index contributed by atoms with van der Waals surface area (Å²) < 4.78 is 1.90. The number of nitrogens with two attached hydrogens (primary N) is 1. The fourth-order valence-corrected chi connectivity index (χ4v) is 3.11. The summed E-state index contributed by atoms with van der Waals surface area (Å²) in [6, 6.07) is 0. The van der Waals surface area contributed by atoms with Crippen molar-refractivity contribution in [3.63, 3.8) is 0 Å². The SMILES string of the molecule is Cc1nc(-n2nnc(CN)c2C2CCC2)sc1C. The van der Waals surface area contributed by atoms with E-state index in [9.17, 15) is 0 Å². The third-order valence-corrected chi connectivity index (χ3v) is 4.71. The fourth-order valence-electron chi connectivity index (χ4n) is 2.24. The number of hydrogen-bond acceptors (Lipinski definition) is 5. The topological polar surface area (TPSA) is 69.6 Å². The van der Waals surface area contributed by atoms with E-state index >= 15 is 0 Å². The monoisotopic (exact) mass is 263 g/mol. The van der Waals surface area contributed by atoms with Crippen molar-refractivity contribution in [2.75, 3.05) is 0 Å². The van der Waals surface area contributed by atoms with Crippen molar-refractivity contribution in [2.45, 2.75) is 45.6 Å². The Bertz CT molecular complexity index is 548. The van der Waals surface area contributed by atoms with E-state index in [4.69, 9.17) is 5.73 Å². The van der Waals surface area contributed by atoms with Crippen LogP contribution in [0.15, 0.2) is 0 Å². The van der Waals surface area contributed by atoms with Crippen molar-refractivity contribution in [1.82, 2.24) is 20.0 Å². The van der Waals surface area contributed by atoms with Crippen molar-refractivity contribution < 1.29 is 0 Å². The van der Waals surface area contributed by atoms with Gasteiger partial charge in [0, 0.05) is 17.3 Å². The van der Waals surface area contributed by atoms with Gasteiger partial charge in [0.2, 0.25) is 5.13 Å². The molecule has 0 amide bonds. The molecule has 0 spiro atoms. The molecular formula is C12H17N5S. The van der Waals surface area contributed by atoms with Crippen molar-refractivity contribution in [2.24, 2.45) is 5.73 Å². The van der Waals surface area contributed by atoms with Crippen LogP contribution in [0.5, 0.6) is 0 Å². The molecule has 3 rings (SSSR count). The molecule has 0 radical (unpaired) electrons. The van der Waals surface area contributed by atoms with Crippen molar-refractivity contribution in [1.29, 1.82) is 0 Å². The van der Waals surface area contributed by atoms with E-state index in [2.05, 4.69) is 22.2 Å². The van der Waals surface area contributed by atoms with E-state index in [0.717, 1.165) is 16.5 Å². The summed E-state index contributed by atoms with van der Waals surface area (Å²) in [7, 11) is 0. The molecule has 1 saturated carbocycles. The molecule has 2 N–H and O–H groups in total. The van der Waals surface area contributed by atoms with Gasteiger partial charge in [0.15, 0.2) is 0 Å². The lowest BCUT2D eigenvalue weighted by molar-refractivity contribution is 0.400. The van der Waals surface area contributed by atoms with Gasteiger partial charge in [-0.05, 0) is 26.7 Å². The highest BCUT2D eigenvalue weighted by atomic mass is 32.1. The summed E-state index contributed by atoms with van der Waals surface area (Å²) >= 11 is 1.67. The Kier molecular flexibility index (Phi) is 2.91. The van der Waals surface area contributed by atoms with Gasteiger partial charge in [-0.25, -0.2) is 4.98 Å². The largest absolute Gasteiger partial charge is 0.325 e. The normalized spacial score (nSPS) is 15.9. The van der Waals surface area contributed by atoms with E-state index in [1.807, 2.05) is 11.6 Å². The Hall–Kier alpha value is -1.27. The molecule has 2 heterocycles. The molecule has 0 bridgehead atoms. The van der Waals surface area contributed by atoms with Gasteiger partial charge in [-0.1, -0.05) is 23.0 Å². The average Bonchev–Trinajstić information content (AvgIpc) is 2.82. The number of hydrogen-bond donors (Lipinski definition) is 1. The minimum Gasteiger partial charge on any atom is -0.325 e. The Morgan fingerprint density at radius 2 is 2.17 bits per heavy atom. The maximum absolute atomic E-state index is 5.76. The molecule has 1 aliphatic carbocycles. The predicted octanol–water partition coefficient (Wildman–Crippen LogP) is 2.07.